The van der Waals surface area contributed by atoms with E-state index in [0.29, 0.717) is 17.2 Å². The number of hydrogen-bond acceptors (Lipinski definition) is 5. The molecule has 2 atom stereocenters. The Bertz CT molecular complexity index is 474. The number of amides is 1. The number of nitrogens with zero attached hydrogens (tertiary/aromatic N) is 1. The standard InChI is InChI=1S/C12H16N2O4S/c15-7-6-8-2-1-3-9(8)13-12(16)10-4-5-11(19-10)14(17)18/h4-5,8-9,15H,1-3,6-7H2,(H,13,16)/t8-,9-/m1/s1. The van der Waals surface area contributed by atoms with Gasteiger partial charge in [0, 0.05) is 18.7 Å². The van der Waals surface area contributed by atoms with Crippen LogP contribution in [-0.2, 0) is 0 Å². The van der Waals surface area contributed by atoms with Crippen LogP contribution in [0, 0.1) is 16.0 Å². The van der Waals surface area contributed by atoms with Gasteiger partial charge in [-0.15, -0.1) is 0 Å². The van der Waals surface area contributed by atoms with E-state index in [1.165, 1.54) is 12.1 Å². The Morgan fingerprint density at radius 3 is 2.95 bits per heavy atom. The van der Waals surface area contributed by atoms with E-state index in [0.717, 1.165) is 30.6 Å². The molecule has 1 aliphatic carbocycles. The summed E-state index contributed by atoms with van der Waals surface area (Å²) in [4.78, 5) is 22.4. The topological polar surface area (TPSA) is 92.5 Å². The lowest BCUT2D eigenvalue weighted by molar-refractivity contribution is -0.380. The van der Waals surface area contributed by atoms with Crippen molar-refractivity contribution in [3.63, 3.8) is 0 Å². The van der Waals surface area contributed by atoms with Crippen molar-refractivity contribution in [2.24, 2.45) is 5.92 Å². The van der Waals surface area contributed by atoms with Gasteiger partial charge in [-0.25, -0.2) is 0 Å². The number of carbonyl (C=O) groups is 1. The predicted molar refractivity (Wildman–Crippen MR) is 71.3 cm³/mol. The van der Waals surface area contributed by atoms with Gasteiger partial charge in [0.15, 0.2) is 0 Å². The average molecular weight is 284 g/mol. The van der Waals surface area contributed by atoms with Crippen molar-refractivity contribution in [2.75, 3.05) is 6.61 Å². The van der Waals surface area contributed by atoms with Crippen molar-refractivity contribution in [3.8, 4) is 0 Å². The molecule has 1 aliphatic rings. The van der Waals surface area contributed by atoms with E-state index < -0.39 is 4.92 Å². The maximum absolute atomic E-state index is 12.0. The first-order chi connectivity index (χ1) is 9.11. The molecule has 0 bridgehead atoms. The van der Waals surface area contributed by atoms with Crippen LogP contribution >= 0.6 is 11.3 Å². The number of thiophene rings is 1. The van der Waals surface area contributed by atoms with Crippen LogP contribution in [0.1, 0.15) is 35.4 Å². The molecule has 2 N–H and O–H groups in total. The number of aliphatic hydroxyl groups is 1. The molecular formula is C12H16N2O4S. The van der Waals surface area contributed by atoms with Crippen molar-refractivity contribution in [3.05, 3.63) is 27.1 Å². The molecule has 6 nitrogen and oxygen atoms in total. The largest absolute Gasteiger partial charge is 0.396 e. The molecule has 0 saturated heterocycles. The molecule has 1 amide bonds. The monoisotopic (exact) mass is 284 g/mol. The highest BCUT2D eigenvalue weighted by Crippen LogP contribution is 2.29. The highest BCUT2D eigenvalue weighted by molar-refractivity contribution is 7.17. The normalized spacial score (nSPS) is 22.4. The van der Waals surface area contributed by atoms with Crippen LogP contribution in [0.3, 0.4) is 0 Å². The molecule has 2 rings (SSSR count). The summed E-state index contributed by atoms with van der Waals surface area (Å²) < 4.78 is 0. The fourth-order valence-electron chi connectivity index (χ4n) is 2.53. The molecule has 0 aliphatic heterocycles. The van der Waals surface area contributed by atoms with Crippen molar-refractivity contribution in [2.45, 2.75) is 31.7 Å². The zero-order valence-corrected chi connectivity index (χ0v) is 11.2. The van der Waals surface area contributed by atoms with E-state index in [2.05, 4.69) is 5.32 Å². The van der Waals surface area contributed by atoms with Crippen LogP contribution < -0.4 is 5.32 Å². The van der Waals surface area contributed by atoms with Crippen molar-refractivity contribution in [1.82, 2.24) is 5.32 Å². The number of rotatable bonds is 5. The van der Waals surface area contributed by atoms with Crippen molar-refractivity contribution in [1.29, 1.82) is 0 Å². The lowest BCUT2D eigenvalue weighted by Crippen LogP contribution is -2.37. The first-order valence-corrected chi connectivity index (χ1v) is 7.09. The van der Waals surface area contributed by atoms with Crippen LogP contribution in [0.25, 0.3) is 0 Å². The Kier molecular flexibility index (Phi) is 4.49. The van der Waals surface area contributed by atoms with Gasteiger partial charge in [0.1, 0.15) is 0 Å². The minimum Gasteiger partial charge on any atom is -0.396 e. The lowest BCUT2D eigenvalue weighted by atomic mass is 10.00. The molecular weight excluding hydrogens is 268 g/mol. The maximum atomic E-state index is 12.0. The molecule has 0 aromatic carbocycles. The molecule has 7 heteroatoms. The van der Waals surface area contributed by atoms with Crippen LogP contribution in [0.5, 0.6) is 0 Å². The second kappa shape index (κ2) is 6.12. The molecule has 0 unspecified atom stereocenters. The fourth-order valence-corrected chi connectivity index (χ4v) is 3.25. The van der Waals surface area contributed by atoms with E-state index in [4.69, 9.17) is 5.11 Å². The molecule has 0 radical (unpaired) electrons. The Morgan fingerprint density at radius 1 is 1.53 bits per heavy atom. The predicted octanol–water partition coefficient (Wildman–Crippen LogP) is 1.94. The molecule has 0 spiro atoms. The van der Waals surface area contributed by atoms with Gasteiger partial charge in [-0.05, 0) is 31.2 Å². The van der Waals surface area contributed by atoms with Crippen molar-refractivity contribution < 1.29 is 14.8 Å². The number of carbonyl (C=O) groups excluding carboxylic acids is 1. The zero-order chi connectivity index (χ0) is 13.8. The van der Waals surface area contributed by atoms with Gasteiger partial charge >= 0.3 is 5.00 Å². The fraction of sp³-hybridized carbons (Fsp3) is 0.583. The summed E-state index contributed by atoms with van der Waals surface area (Å²) in [6.07, 6.45) is 3.65. The van der Waals surface area contributed by atoms with Gasteiger partial charge in [-0.1, -0.05) is 17.8 Å². The van der Waals surface area contributed by atoms with Gasteiger partial charge in [-0.2, -0.15) is 0 Å². The smallest absolute Gasteiger partial charge is 0.324 e. The minimum absolute atomic E-state index is 0.0246. The van der Waals surface area contributed by atoms with Crippen LogP contribution in [0.4, 0.5) is 5.00 Å². The van der Waals surface area contributed by atoms with Gasteiger partial charge in [0.05, 0.1) is 9.80 Å². The molecule has 1 aromatic heterocycles. The van der Waals surface area contributed by atoms with E-state index in [-0.39, 0.29) is 23.6 Å². The first kappa shape index (κ1) is 14.0. The number of nitro groups is 1. The number of hydrogen-bond donors (Lipinski definition) is 2. The van der Waals surface area contributed by atoms with E-state index in [1.807, 2.05) is 0 Å². The Balaban J connectivity index is 1.98. The highest BCUT2D eigenvalue weighted by atomic mass is 32.1. The van der Waals surface area contributed by atoms with Crippen LogP contribution in [-0.4, -0.2) is 28.6 Å². The van der Waals surface area contributed by atoms with Crippen molar-refractivity contribution >= 4 is 22.2 Å². The average Bonchev–Trinajstić information content (AvgIpc) is 2.99. The second-order valence-corrected chi connectivity index (χ2v) is 5.74. The van der Waals surface area contributed by atoms with E-state index in [1.54, 1.807) is 0 Å². The summed E-state index contributed by atoms with van der Waals surface area (Å²) in [6, 6.07) is 2.90. The number of aliphatic hydroxyl groups excluding tert-OH is 1. The van der Waals surface area contributed by atoms with E-state index >= 15 is 0 Å². The zero-order valence-electron chi connectivity index (χ0n) is 10.4. The minimum atomic E-state index is -0.494. The molecule has 104 valence electrons. The van der Waals surface area contributed by atoms with Gasteiger partial charge in [0.25, 0.3) is 5.91 Å². The van der Waals surface area contributed by atoms with Crippen LogP contribution in [0.15, 0.2) is 12.1 Å². The van der Waals surface area contributed by atoms with Gasteiger partial charge < -0.3 is 10.4 Å². The molecule has 19 heavy (non-hydrogen) atoms. The third-order valence-corrected chi connectivity index (χ3v) is 4.51. The van der Waals surface area contributed by atoms with Crippen LogP contribution in [0.2, 0.25) is 0 Å². The highest BCUT2D eigenvalue weighted by Gasteiger charge is 2.28. The summed E-state index contributed by atoms with van der Waals surface area (Å²) in [6.45, 7) is 0.126. The third-order valence-electron chi connectivity index (χ3n) is 3.47. The summed E-state index contributed by atoms with van der Waals surface area (Å²) in [5, 5.41) is 22.4. The molecule has 1 saturated carbocycles. The summed E-state index contributed by atoms with van der Waals surface area (Å²) >= 11 is 0.887. The summed E-state index contributed by atoms with van der Waals surface area (Å²) in [5.74, 6) is 0.0526. The SMILES string of the molecule is O=C(N[C@@H]1CCC[C@@H]1CCO)c1ccc([N+](=O)[O-])s1. The first-order valence-electron chi connectivity index (χ1n) is 6.27. The third kappa shape index (κ3) is 3.30. The molecule has 1 fully saturated rings. The molecule has 1 heterocycles. The summed E-state index contributed by atoms with van der Waals surface area (Å²) in [7, 11) is 0. The Morgan fingerprint density at radius 2 is 2.32 bits per heavy atom. The quantitative estimate of drug-likeness (QED) is 0.638. The Labute approximate surface area is 114 Å². The van der Waals surface area contributed by atoms with Gasteiger partial charge in [0.2, 0.25) is 0 Å². The summed E-state index contributed by atoms with van der Waals surface area (Å²) in [5.41, 5.74) is 0. The maximum Gasteiger partial charge on any atom is 0.324 e. The lowest BCUT2D eigenvalue weighted by Gasteiger charge is -2.19. The van der Waals surface area contributed by atoms with E-state index in [9.17, 15) is 14.9 Å². The molecule has 1 aromatic rings. The number of nitrogens with one attached hydrogen (secondary N) is 1. The van der Waals surface area contributed by atoms with Gasteiger partial charge in [-0.3, -0.25) is 14.9 Å². The Hall–Kier alpha value is -1.47. The second-order valence-electron chi connectivity index (χ2n) is 4.68.